The van der Waals surface area contributed by atoms with Crippen LogP contribution in [0.2, 0.25) is 0 Å². The number of benzene rings is 1. The van der Waals surface area contributed by atoms with Crippen LogP contribution in [0.3, 0.4) is 0 Å². The molecule has 104 valence electrons. The van der Waals surface area contributed by atoms with Crippen molar-refractivity contribution in [3.05, 3.63) is 36.0 Å². The number of carbonyl (C=O) groups excluding carboxylic acids is 1. The molecule has 0 aliphatic carbocycles. The number of nitrogens with one attached hydrogen (secondary N) is 1. The molecule has 2 aromatic rings. The first kappa shape index (κ1) is 13.8. The molecule has 20 heavy (non-hydrogen) atoms. The maximum atomic E-state index is 11.1. The quantitative estimate of drug-likeness (QED) is 0.894. The van der Waals surface area contributed by atoms with Crippen LogP contribution in [0.25, 0.3) is 11.3 Å². The SMILES string of the molecule is CCn1nc(-c2ccc(NC(C)=O)cc2)cc1C(=O)O. The fraction of sp³-hybridized carbons (Fsp3) is 0.214. The van der Waals surface area contributed by atoms with E-state index in [2.05, 4.69) is 10.4 Å². The third kappa shape index (κ3) is 2.85. The van der Waals surface area contributed by atoms with E-state index in [1.165, 1.54) is 11.6 Å². The predicted molar refractivity (Wildman–Crippen MR) is 74.6 cm³/mol. The Balaban J connectivity index is 2.32. The van der Waals surface area contributed by atoms with Crippen molar-refractivity contribution in [2.75, 3.05) is 5.32 Å². The van der Waals surface area contributed by atoms with Gasteiger partial charge in [-0.1, -0.05) is 12.1 Å². The van der Waals surface area contributed by atoms with E-state index >= 15 is 0 Å². The van der Waals surface area contributed by atoms with Crippen molar-refractivity contribution in [2.45, 2.75) is 20.4 Å². The lowest BCUT2D eigenvalue weighted by molar-refractivity contribution is -0.114. The van der Waals surface area contributed by atoms with Crippen LogP contribution < -0.4 is 5.32 Å². The van der Waals surface area contributed by atoms with Crippen LogP contribution in [0, 0.1) is 0 Å². The largest absolute Gasteiger partial charge is 0.477 e. The molecule has 0 saturated carbocycles. The Morgan fingerprint density at radius 1 is 1.30 bits per heavy atom. The molecule has 0 bridgehead atoms. The van der Waals surface area contributed by atoms with Gasteiger partial charge in [-0.2, -0.15) is 5.10 Å². The van der Waals surface area contributed by atoms with Gasteiger partial charge in [-0.05, 0) is 25.1 Å². The molecule has 6 heteroatoms. The van der Waals surface area contributed by atoms with Crippen LogP contribution in [0.15, 0.2) is 30.3 Å². The summed E-state index contributed by atoms with van der Waals surface area (Å²) in [7, 11) is 0. The molecule has 0 aliphatic heterocycles. The summed E-state index contributed by atoms with van der Waals surface area (Å²) in [5.41, 5.74) is 2.25. The van der Waals surface area contributed by atoms with Gasteiger partial charge in [-0.3, -0.25) is 9.48 Å². The molecule has 0 aliphatic rings. The summed E-state index contributed by atoms with van der Waals surface area (Å²) in [4.78, 5) is 22.0. The number of rotatable bonds is 4. The molecule has 0 fully saturated rings. The molecule has 6 nitrogen and oxygen atoms in total. The van der Waals surface area contributed by atoms with Gasteiger partial charge in [0, 0.05) is 24.7 Å². The molecular weight excluding hydrogens is 258 g/mol. The molecule has 2 rings (SSSR count). The number of amides is 1. The minimum absolute atomic E-state index is 0.138. The Morgan fingerprint density at radius 3 is 2.40 bits per heavy atom. The summed E-state index contributed by atoms with van der Waals surface area (Å²) >= 11 is 0. The molecule has 1 amide bonds. The van der Waals surface area contributed by atoms with E-state index in [1.54, 1.807) is 30.3 Å². The summed E-state index contributed by atoms with van der Waals surface area (Å²) in [5, 5.41) is 16.0. The fourth-order valence-electron chi connectivity index (χ4n) is 1.90. The Morgan fingerprint density at radius 2 is 1.95 bits per heavy atom. The zero-order valence-corrected chi connectivity index (χ0v) is 11.3. The Kier molecular flexibility index (Phi) is 3.84. The average molecular weight is 273 g/mol. The lowest BCUT2D eigenvalue weighted by atomic mass is 10.1. The van der Waals surface area contributed by atoms with Crippen molar-refractivity contribution in [3.63, 3.8) is 0 Å². The summed E-state index contributed by atoms with van der Waals surface area (Å²) in [6.07, 6.45) is 0. The van der Waals surface area contributed by atoms with E-state index in [4.69, 9.17) is 5.11 Å². The second-order valence-corrected chi connectivity index (χ2v) is 4.29. The van der Waals surface area contributed by atoms with Crippen LogP contribution in [0.1, 0.15) is 24.3 Å². The van der Waals surface area contributed by atoms with Gasteiger partial charge < -0.3 is 10.4 Å². The van der Waals surface area contributed by atoms with Gasteiger partial charge in [0.2, 0.25) is 5.91 Å². The minimum Gasteiger partial charge on any atom is -0.477 e. The minimum atomic E-state index is -1.000. The van der Waals surface area contributed by atoms with Crippen molar-refractivity contribution >= 4 is 17.6 Å². The summed E-state index contributed by atoms with van der Waals surface area (Å²) < 4.78 is 1.44. The maximum Gasteiger partial charge on any atom is 0.354 e. The van der Waals surface area contributed by atoms with E-state index in [0.29, 0.717) is 17.9 Å². The summed E-state index contributed by atoms with van der Waals surface area (Å²) in [6.45, 7) is 3.77. The molecule has 1 heterocycles. The van der Waals surface area contributed by atoms with Gasteiger partial charge in [-0.15, -0.1) is 0 Å². The van der Waals surface area contributed by atoms with Crippen molar-refractivity contribution in [1.82, 2.24) is 9.78 Å². The number of aryl methyl sites for hydroxylation is 1. The third-order valence-electron chi connectivity index (χ3n) is 2.80. The molecule has 0 radical (unpaired) electrons. The normalized spacial score (nSPS) is 10.3. The Hall–Kier alpha value is -2.63. The first-order valence-electron chi connectivity index (χ1n) is 6.20. The van der Waals surface area contributed by atoms with Crippen LogP contribution in [0.5, 0.6) is 0 Å². The Bertz CT molecular complexity index is 644. The summed E-state index contributed by atoms with van der Waals surface area (Å²) in [5.74, 6) is -1.14. The second kappa shape index (κ2) is 5.56. The van der Waals surface area contributed by atoms with E-state index < -0.39 is 5.97 Å². The van der Waals surface area contributed by atoms with Crippen LogP contribution in [0.4, 0.5) is 5.69 Å². The topological polar surface area (TPSA) is 84.2 Å². The highest BCUT2D eigenvalue weighted by Gasteiger charge is 2.14. The number of anilines is 1. The number of carboxylic acid groups (broad SMARTS) is 1. The van der Waals surface area contributed by atoms with Crippen LogP contribution >= 0.6 is 0 Å². The van der Waals surface area contributed by atoms with Gasteiger partial charge in [0.05, 0.1) is 5.69 Å². The highest BCUT2D eigenvalue weighted by molar-refractivity contribution is 5.89. The van der Waals surface area contributed by atoms with E-state index in [-0.39, 0.29) is 11.6 Å². The monoisotopic (exact) mass is 273 g/mol. The number of aromatic carboxylic acids is 1. The molecule has 0 unspecified atom stereocenters. The van der Waals surface area contributed by atoms with Gasteiger partial charge in [0.15, 0.2) is 0 Å². The highest BCUT2D eigenvalue weighted by Crippen LogP contribution is 2.21. The molecule has 1 aromatic carbocycles. The smallest absolute Gasteiger partial charge is 0.354 e. The zero-order valence-electron chi connectivity index (χ0n) is 11.3. The number of hydrogen-bond acceptors (Lipinski definition) is 3. The van der Waals surface area contributed by atoms with E-state index in [9.17, 15) is 9.59 Å². The van der Waals surface area contributed by atoms with Gasteiger partial charge in [0.25, 0.3) is 0 Å². The zero-order chi connectivity index (χ0) is 14.7. The van der Waals surface area contributed by atoms with Crippen molar-refractivity contribution in [2.24, 2.45) is 0 Å². The van der Waals surface area contributed by atoms with Gasteiger partial charge in [0.1, 0.15) is 5.69 Å². The first-order chi connectivity index (χ1) is 9.51. The number of carboxylic acids is 1. The lowest BCUT2D eigenvalue weighted by Gasteiger charge is -2.02. The van der Waals surface area contributed by atoms with Crippen LogP contribution in [-0.4, -0.2) is 26.8 Å². The molecule has 2 N–H and O–H groups in total. The van der Waals surface area contributed by atoms with Crippen LogP contribution in [-0.2, 0) is 11.3 Å². The van der Waals surface area contributed by atoms with E-state index in [1.807, 2.05) is 6.92 Å². The number of hydrogen-bond donors (Lipinski definition) is 2. The number of aromatic nitrogens is 2. The molecule has 0 saturated heterocycles. The van der Waals surface area contributed by atoms with Crippen molar-refractivity contribution in [3.8, 4) is 11.3 Å². The first-order valence-corrected chi connectivity index (χ1v) is 6.20. The average Bonchev–Trinajstić information content (AvgIpc) is 2.83. The Labute approximate surface area is 116 Å². The molecular formula is C14H15N3O3. The molecule has 1 aromatic heterocycles. The van der Waals surface area contributed by atoms with Gasteiger partial charge in [-0.25, -0.2) is 4.79 Å². The highest BCUT2D eigenvalue weighted by atomic mass is 16.4. The standard InChI is InChI=1S/C14H15N3O3/c1-3-17-13(14(19)20)8-12(16-17)10-4-6-11(7-5-10)15-9(2)18/h4-8H,3H2,1-2H3,(H,15,18)(H,19,20). The van der Waals surface area contributed by atoms with Gasteiger partial charge >= 0.3 is 5.97 Å². The number of carbonyl (C=O) groups is 2. The molecule has 0 atom stereocenters. The van der Waals surface area contributed by atoms with Crippen molar-refractivity contribution < 1.29 is 14.7 Å². The van der Waals surface area contributed by atoms with Crippen molar-refractivity contribution in [1.29, 1.82) is 0 Å². The number of nitrogens with zero attached hydrogens (tertiary/aromatic N) is 2. The molecule has 0 spiro atoms. The second-order valence-electron chi connectivity index (χ2n) is 4.29. The third-order valence-corrected chi connectivity index (χ3v) is 2.80. The van der Waals surface area contributed by atoms with E-state index in [0.717, 1.165) is 5.56 Å². The summed E-state index contributed by atoms with van der Waals surface area (Å²) in [6, 6.07) is 8.63. The lowest BCUT2D eigenvalue weighted by Crippen LogP contribution is -2.08. The predicted octanol–water partition coefficient (Wildman–Crippen LogP) is 2.23. The maximum absolute atomic E-state index is 11.1. The fourth-order valence-corrected chi connectivity index (χ4v) is 1.90.